The van der Waals surface area contributed by atoms with Crippen LogP contribution in [0.4, 0.5) is 5.82 Å². The zero-order valence-electron chi connectivity index (χ0n) is 18.2. The Hall–Kier alpha value is -3.03. The Morgan fingerprint density at radius 2 is 1.81 bits per heavy atom. The summed E-state index contributed by atoms with van der Waals surface area (Å²) < 4.78 is 3.46. The Morgan fingerprint density at radius 3 is 2.58 bits per heavy atom. The van der Waals surface area contributed by atoms with E-state index in [1.165, 1.54) is 24.1 Å². The fraction of sp³-hybridized carbons (Fsp3) is 0.522. The normalized spacial score (nSPS) is 21.0. The topological polar surface area (TPSA) is 90.5 Å². The van der Waals surface area contributed by atoms with Crippen molar-refractivity contribution in [1.29, 1.82) is 0 Å². The van der Waals surface area contributed by atoms with Gasteiger partial charge in [-0.05, 0) is 77.3 Å². The molecule has 2 aliphatic carbocycles. The predicted octanol–water partition coefficient (Wildman–Crippen LogP) is 3.31. The molecule has 0 amide bonds. The molecule has 0 aromatic carbocycles. The second-order valence-corrected chi connectivity index (χ2v) is 8.82. The molecule has 1 N–H and O–H groups in total. The minimum Gasteiger partial charge on any atom is -0.367 e. The number of nitrogens with one attached hydrogen (secondary N) is 1. The van der Waals surface area contributed by atoms with Crippen LogP contribution in [0.15, 0.2) is 29.3 Å². The number of hydrogen-bond acceptors (Lipinski definition) is 6. The van der Waals surface area contributed by atoms with Crippen LogP contribution in [0, 0.1) is 13.8 Å². The Balaban J connectivity index is 1.29. The predicted molar refractivity (Wildman–Crippen MR) is 119 cm³/mol. The zero-order chi connectivity index (χ0) is 21.4. The van der Waals surface area contributed by atoms with Gasteiger partial charge in [-0.25, -0.2) is 19.3 Å². The maximum Gasteiger partial charge on any atom is 0.267 e. The number of aromatic nitrogens is 6. The van der Waals surface area contributed by atoms with E-state index in [0.29, 0.717) is 11.9 Å². The molecule has 8 heteroatoms. The highest BCUT2D eigenvalue weighted by Crippen LogP contribution is 2.31. The number of nitrogens with zero attached hydrogens (tertiary/aromatic N) is 6. The van der Waals surface area contributed by atoms with Crippen molar-refractivity contribution in [3.05, 3.63) is 57.5 Å². The molecule has 0 radical (unpaired) electrons. The fourth-order valence-corrected chi connectivity index (χ4v) is 4.95. The largest absolute Gasteiger partial charge is 0.367 e. The van der Waals surface area contributed by atoms with Crippen LogP contribution in [-0.4, -0.2) is 35.6 Å². The summed E-state index contributed by atoms with van der Waals surface area (Å²) in [6.45, 7) is 3.96. The molecule has 3 aromatic rings. The smallest absolute Gasteiger partial charge is 0.267 e. The lowest BCUT2D eigenvalue weighted by Crippen LogP contribution is -2.34. The van der Waals surface area contributed by atoms with Gasteiger partial charge in [0.15, 0.2) is 5.82 Å². The summed E-state index contributed by atoms with van der Waals surface area (Å²) in [6.07, 6.45) is 10.0. The third-order valence-electron chi connectivity index (χ3n) is 6.55. The van der Waals surface area contributed by atoms with Crippen molar-refractivity contribution >= 4 is 5.82 Å². The number of aryl methyl sites for hydroxylation is 3. The van der Waals surface area contributed by atoms with Crippen LogP contribution in [0.1, 0.15) is 67.2 Å². The summed E-state index contributed by atoms with van der Waals surface area (Å²) >= 11 is 0. The van der Waals surface area contributed by atoms with Crippen LogP contribution in [0.5, 0.6) is 0 Å². The van der Waals surface area contributed by atoms with E-state index in [4.69, 9.17) is 0 Å². The molecule has 31 heavy (non-hydrogen) atoms. The summed E-state index contributed by atoms with van der Waals surface area (Å²) in [4.78, 5) is 21.6. The van der Waals surface area contributed by atoms with Gasteiger partial charge in [0.25, 0.3) is 5.56 Å². The van der Waals surface area contributed by atoms with Gasteiger partial charge in [0.1, 0.15) is 12.1 Å². The van der Waals surface area contributed by atoms with Gasteiger partial charge < -0.3 is 5.32 Å². The first-order valence-electron chi connectivity index (χ1n) is 11.3. The van der Waals surface area contributed by atoms with E-state index in [-0.39, 0.29) is 11.6 Å². The van der Waals surface area contributed by atoms with Crippen LogP contribution in [0.3, 0.4) is 0 Å². The Kier molecular flexibility index (Phi) is 5.29. The van der Waals surface area contributed by atoms with E-state index < -0.39 is 0 Å². The highest BCUT2D eigenvalue weighted by Gasteiger charge is 2.26. The van der Waals surface area contributed by atoms with E-state index in [1.54, 1.807) is 27.8 Å². The minimum absolute atomic E-state index is 0.0495. The molecule has 8 nitrogen and oxygen atoms in total. The van der Waals surface area contributed by atoms with Crippen LogP contribution in [0.2, 0.25) is 0 Å². The van der Waals surface area contributed by atoms with E-state index in [9.17, 15) is 4.79 Å². The highest BCUT2D eigenvalue weighted by atomic mass is 16.1. The minimum atomic E-state index is -0.0495. The Bertz CT molecular complexity index is 1140. The van der Waals surface area contributed by atoms with E-state index in [0.717, 1.165) is 55.7 Å². The van der Waals surface area contributed by atoms with Crippen molar-refractivity contribution in [2.45, 2.75) is 77.3 Å². The first-order chi connectivity index (χ1) is 15.1. The molecule has 1 fully saturated rings. The van der Waals surface area contributed by atoms with Crippen molar-refractivity contribution in [3.8, 4) is 5.82 Å². The SMILES string of the molecule is Cc1cc(C)n(-c2ccc(=O)n(C3CCC(Nc4ncnc5c4CCCC5)CC3)n2)n1. The average Bonchev–Trinajstić information content (AvgIpc) is 3.13. The summed E-state index contributed by atoms with van der Waals surface area (Å²) in [6, 6.07) is 5.86. The van der Waals surface area contributed by atoms with Gasteiger partial charge >= 0.3 is 0 Å². The average molecular weight is 420 g/mol. The van der Waals surface area contributed by atoms with Crippen LogP contribution >= 0.6 is 0 Å². The van der Waals surface area contributed by atoms with Gasteiger partial charge in [0.2, 0.25) is 0 Å². The lowest BCUT2D eigenvalue weighted by Gasteiger charge is -2.31. The van der Waals surface area contributed by atoms with Crippen molar-refractivity contribution in [2.75, 3.05) is 5.32 Å². The molecule has 3 aromatic heterocycles. The molecular weight excluding hydrogens is 390 g/mol. The van der Waals surface area contributed by atoms with Crippen molar-refractivity contribution in [1.82, 2.24) is 29.5 Å². The summed E-state index contributed by atoms with van der Waals surface area (Å²) in [5.74, 6) is 1.70. The second kappa shape index (κ2) is 8.24. The Labute approximate surface area is 181 Å². The molecule has 1 saturated carbocycles. The monoisotopic (exact) mass is 419 g/mol. The van der Waals surface area contributed by atoms with Gasteiger partial charge in [-0.1, -0.05) is 0 Å². The lowest BCUT2D eigenvalue weighted by molar-refractivity contribution is 0.302. The first-order valence-corrected chi connectivity index (χ1v) is 11.3. The number of rotatable bonds is 4. The van der Waals surface area contributed by atoms with Crippen LogP contribution in [0.25, 0.3) is 5.82 Å². The molecule has 0 unspecified atom stereocenters. The summed E-state index contributed by atoms with van der Waals surface area (Å²) in [5.41, 5.74) is 4.40. The fourth-order valence-electron chi connectivity index (χ4n) is 4.95. The number of fused-ring (bicyclic) bond motifs is 1. The molecular formula is C23H29N7O. The third kappa shape index (κ3) is 3.98. The summed E-state index contributed by atoms with van der Waals surface area (Å²) in [7, 11) is 0. The van der Waals surface area contributed by atoms with E-state index in [2.05, 4.69) is 25.5 Å². The molecule has 3 heterocycles. The first kappa shape index (κ1) is 19.9. The molecule has 0 spiro atoms. The zero-order valence-corrected chi connectivity index (χ0v) is 18.2. The molecule has 5 rings (SSSR count). The quantitative estimate of drug-likeness (QED) is 0.698. The summed E-state index contributed by atoms with van der Waals surface area (Å²) in [5, 5.41) is 12.8. The van der Waals surface area contributed by atoms with Crippen molar-refractivity contribution < 1.29 is 0 Å². The highest BCUT2D eigenvalue weighted by molar-refractivity contribution is 5.47. The maximum absolute atomic E-state index is 12.6. The third-order valence-corrected chi connectivity index (χ3v) is 6.55. The van der Waals surface area contributed by atoms with Crippen LogP contribution in [-0.2, 0) is 12.8 Å². The van der Waals surface area contributed by atoms with Gasteiger partial charge in [-0.3, -0.25) is 4.79 Å². The standard InChI is InChI=1S/C23H29N7O/c1-15-13-16(2)29(27-15)21-11-12-22(31)30(28-21)18-9-7-17(8-10-18)26-23-19-5-3-4-6-20(19)24-14-25-23/h11-14,17-18H,3-10H2,1-2H3,(H,24,25,26). The van der Waals surface area contributed by atoms with E-state index >= 15 is 0 Å². The van der Waals surface area contributed by atoms with Crippen molar-refractivity contribution in [2.24, 2.45) is 0 Å². The van der Waals surface area contributed by atoms with Gasteiger partial charge in [-0.15, -0.1) is 5.10 Å². The second-order valence-electron chi connectivity index (χ2n) is 8.82. The molecule has 0 atom stereocenters. The molecule has 0 aliphatic heterocycles. The Morgan fingerprint density at radius 1 is 1.00 bits per heavy atom. The molecule has 0 saturated heterocycles. The lowest BCUT2D eigenvalue weighted by atomic mass is 9.90. The molecule has 2 aliphatic rings. The number of anilines is 1. The van der Waals surface area contributed by atoms with Gasteiger partial charge in [0.05, 0.1) is 11.7 Å². The van der Waals surface area contributed by atoms with E-state index in [1.807, 2.05) is 19.9 Å². The maximum atomic E-state index is 12.6. The van der Waals surface area contributed by atoms with Crippen molar-refractivity contribution in [3.63, 3.8) is 0 Å². The van der Waals surface area contributed by atoms with Crippen LogP contribution < -0.4 is 10.9 Å². The number of hydrogen-bond donors (Lipinski definition) is 1. The molecule has 162 valence electrons. The molecule has 0 bridgehead atoms. The van der Waals surface area contributed by atoms with Gasteiger partial charge in [0, 0.05) is 29.1 Å². The van der Waals surface area contributed by atoms with Gasteiger partial charge in [-0.2, -0.15) is 5.10 Å².